The Kier molecular flexibility index (Phi) is 6.80. The number of benzene rings is 1. The Balaban J connectivity index is 1.48. The minimum absolute atomic E-state index is 0.152. The zero-order valence-electron chi connectivity index (χ0n) is 17.5. The molecule has 4 nitrogen and oxygen atoms in total. The molecule has 0 spiro atoms. The Morgan fingerprint density at radius 1 is 1.19 bits per heavy atom. The molecule has 3 rings (SSSR count). The zero-order chi connectivity index (χ0) is 19.4. The summed E-state index contributed by atoms with van der Waals surface area (Å²) < 4.78 is 6.16. The number of hydrogen-bond donors (Lipinski definition) is 0. The van der Waals surface area contributed by atoms with Crippen LogP contribution in [0.2, 0.25) is 0 Å². The van der Waals surface area contributed by atoms with Gasteiger partial charge in [-0.15, -0.1) is 0 Å². The average molecular weight is 373 g/mol. The first-order chi connectivity index (χ1) is 12.9. The first kappa shape index (κ1) is 20.2. The van der Waals surface area contributed by atoms with Gasteiger partial charge in [-0.05, 0) is 55.2 Å². The van der Waals surface area contributed by atoms with Gasteiger partial charge in [-0.25, -0.2) is 0 Å². The first-order valence-electron chi connectivity index (χ1n) is 10.6. The van der Waals surface area contributed by atoms with Gasteiger partial charge in [0.15, 0.2) is 0 Å². The molecule has 27 heavy (non-hydrogen) atoms. The first-order valence-corrected chi connectivity index (χ1v) is 10.6. The van der Waals surface area contributed by atoms with Crippen LogP contribution in [0, 0.1) is 24.7 Å². The van der Waals surface area contributed by atoms with E-state index in [0.717, 1.165) is 32.6 Å². The van der Waals surface area contributed by atoms with Gasteiger partial charge in [0.25, 0.3) is 0 Å². The number of nitrogens with zero attached hydrogens (tertiary/aromatic N) is 2. The quantitative estimate of drug-likeness (QED) is 0.779. The molecule has 4 heteroatoms. The Labute approximate surface area is 164 Å². The van der Waals surface area contributed by atoms with E-state index in [1.165, 1.54) is 24.1 Å². The Morgan fingerprint density at radius 2 is 1.93 bits per heavy atom. The largest absolute Gasteiger partial charge is 0.368 e. The number of ether oxygens (including phenoxy) is 1. The molecule has 1 aromatic carbocycles. The third-order valence-corrected chi connectivity index (χ3v) is 6.38. The lowest BCUT2D eigenvalue weighted by atomic mass is 9.75. The average Bonchev–Trinajstić information content (AvgIpc) is 2.66. The summed E-state index contributed by atoms with van der Waals surface area (Å²) in [4.78, 5) is 17.0. The number of anilines is 1. The van der Waals surface area contributed by atoms with Crippen molar-refractivity contribution in [3.63, 3.8) is 0 Å². The standard InChI is InChI=1S/C23H36N2O2/c1-17(2)21-9-8-19(4)15-22(21)27-16-23(26)25-12-10-24(11-13-25)20-7-5-6-18(3)14-20/h5-7,14,17,19,21-22H,8-13,15-16H2,1-4H3/t19-,21+,22-/m1/s1. The van der Waals surface area contributed by atoms with Crippen molar-refractivity contribution in [1.29, 1.82) is 0 Å². The van der Waals surface area contributed by atoms with Crippen LogP contribution in [0.1, 0.15) is 45.6 Å². The van der Waals surface area contributed by atoms with Crippen LogP contribution < -0.4 is 4.90 Å². The Morgan fingerprint density at radius 3 is 2.59 bits per heavy atom. The minimum Gasteiger partial charge on any atom is -0.368 e. The van der Waals surface area contributed by atoms with Crippen LogP contribution in [0.25, 0.3) is 0 Å². The van der Waals surface area contributed by atoms with Crippen LogP contribution in [-0.4, -0.2) is 49.7 Å². The van der Waals surface area contributed by atoms with Gasteiger partial charge in [0.2, 0.25) is 5.91 Å². The van der Waals surface area contributed by atoms with Crippen LogP contribution in [-0.2, 0) is 9.53 Å². The van der Waals surface area contributed by atoms with Gasteiger partial charge in [-0.1, -0.05) is 39.3 Å². The van der Waals surface area contributed by atoms with E-state index in [-0.39, 0.29) is 18.6 Å². The van der Waals surface area contributed by atoms with Gasteiger partial charge < -0.3 is 14.5 Å². The second kappa shape index (κ2) is 9.09. The lowest BCUT2D eigenvalue weighted by Crippen LogP contribution is -2.50. The monoisotopic (exact) mass is 372 g/mol. The highest BCUT2D eigenvalue weighted by molar-refractivity contribution is 5.77. The SMILES string of the molecule is Cc1cccc(N2CCN(C(=O)CO[C@@H]3C[C@H](C)CC[C@H]3C(C)C)CC2)c1. The molecular formula is C23H36N2O2. The fourth-order valence-electron chi connectivity index (χ4n) is 4.61. The number of carbonyl (C=O) groups is 1. The molecule has 0 N–H and O–H groups in total. The van der Waals surface area contributed by atoms with Gasteiger partial charge in [-0.3, -0.25) is 4.79 Å². The fourth-order valence-corrected chi connectivity index (χ4v) is 4.61. The normalized spacial score (nSPS) is 26.5. The predicted octanol–water partition coefficient (Wildman–Crippen LogP) is 4.12. The summed E-state index contributed by atoms with van der Waals surface area (Å²) in [6, 6.07) is 8.60. The topological polar surface area (TPSA) is 32.8 Å². The summed E-state index contributed by atoms with van der Waals surface area (Å²) in [5.41, 5.74) is 2.54. The van der Waals surface area contributed by atoms with Gasteiger partial charge in [-0.2, -0.15) is 0 Å². The molecule has 3 atom stereocenters. The molecule has 0 aromatic heterocycles. The van der Waals surface area contributed by atoms with Crippen molar-refractivity contribution in [3.05, 3.63) is 29.8 Å². The fraction of sp³-hybridized carbons (Fsp3) is 0.696. The minimum atomic E-state index is 0.152. The van der Waals surface area contributed by atoms with Crippen molar-refractivity contribution in [1.82, 2.24) is 4.90 Å². The Bertz CT molecular complexity index is 623. The van der Waals surface area contributed by atoms with Crippen molar-refractivity contribution in [2.45, 2.75) is 53.1 Å². The van der Waals surface area contributed by atoms with Crippen LogP contribution in [0.3, 0.4) is 0 Å². The van der Waals surface area contributed by atoms with Crippen molar-refractivity contribution in [2.75, 3.05) is 37.7 Å². The highest BCUT2D eigenvalue weighted by Crippen LogP contribution is 2.35. The van der Waals surface area contributed by atoms with E-state index in [0.29, 0.717) is 17.8 Å². The maximum absolute atomic E-state index is 12.7. The summed E-state index contributed by atoms with van der Waals surface area (Å²) in [6.45, 7) is 12.6. The summed E-state index contributed by atoms with van der Waals surface area (Å²) in [5.74, 6) is 2.07. The molecule has 0 radical (unpaired) electrons. The number of rotatable bonds is 5. The molecular weight excluding hydrogens is 336 g/mol. The number of amides is 1. The molecule has 2 fully saturated rings. The van der Waals surface area contributed by atoms with Crippen LogP contribution in [0.4, 0.5) is 5.69 Å². The van der Waals surface area contributed by atoms with Crippen LogP contribution >= 0.6 is 0 Å². The summed E-state index contributed by atoms with van der Waals surface area (Å²) in [5, 5.41) is 0. The van der Waals surface area contributed by atoms with Crippen LogP contribution in [0.5, 0.6) is 0 Å². The van der Waals surface area contributed by atoms with E-state index < -0.39 is 0 Å². The molecule has 0 unspecified atom stereocenters. The smallest absolute Gasteiger partial charge is 0.248 e. The van der Waals surface area contributed by atoms with Crippen molar-refractivity contribution in [2.24, 2.45) is 17.8 Å². The maximum Gasteiger partial charge on any atom is 0.248 e. The molecule has 2 aliphatic rings. The molecule has 1 amide bonds. The number of aryl methyl sites for hydroxylation is 1. The summed E-state index contributed by atoms with van der Waals surface area (Å²) >= 11 is 0. The highest BCUT2D eigenvalue weighted by Gasteiger charge is 2.32. The van der Waals surface area contributed by atoms with Crippen LogP contribution in [0.15, 0.2) is 24.3 Å². The van der Waals surface area contributed by atoms with Gasteiger partial charge in [0.1, 0.15) is 6.61 Å². The molecule has 1 heterocycles. The van der Waals surface area contributed by atoms with Crippen molar-refractivity contribution in [3.8, 4) is 0 Å². The molecule has 1 aromatic rings. The van der Waals surface area contributed by atoms with Gasteiger partial charge >= 0.3 is 0 Å². The van der Waals surface area contributed by atoms with Gasteiger partial charge in [0, 0.05) is 31.9 Å². The number of piperazine rings is 1. The summed E-state index contributed by atoms with van der Waals surface area (Å²) in [6.07, 6.45) is 3.85. The summed E-state index contributed by atoms with van der Waals surface area (Å²) in [7, 11) is 0. The van der Waals surface area contributed by atoms with Crippen molar-refractivity contribution >= 4 is 11.6 Å². The zero-order valence-corrected chi connectivity index (χ0v) is 17.5. The third-order valence-electron chi connectivity index (χ3n) is 6.38. The predicted molar refractivity (Wildman–Crippen MR) is 111 cm³/mol. The second-order valence-corrected chi connectivity index (χ2v) is 8.88. The molecule has 1 saturated heterocycles. The Hall–Kier alpha value is -1.55. The molecule has 1 saturated carbocycles. The molecule has 150 valence electrons. The molecule has 1 aliphatic heterocycles. The van der Waals surface area contributed by atoms with Crippen molar-refractivity contribution < 1.29 is 9.53 Å². The van der Waals surface area contributed by atoms with E-state index in [1.807, 2.05) is 4.90 Å². The molecule has 1 aliphatic carbocycles. The highest BCUT2D eigenvalue weighted by atomic mass is 16.5. The van der Waals surface area contributed by atoms with E-state index in [9.17, 15) is 4.79 Å². The maximum atomic E-state index is 12.7. The lowest BCUT2D eigenvalue weighted by molar-refractivity contribution is -0.141. The third kappa shape index (κ3) is 5.25. The van der Waals surface area contributed by atoms with Gasteiger partial charge in [0.05, 0.1) is 6.10 Å². The van der Waals surface area contributed by atoms with E-state index >= 15 is 0 Å². The number of hydrogen-bond acceptors (Lipinski definition) is 3. The second-order valence-electron chi connectivity index (χ2n) is 8.88. The molecule has 0 bridgehead atoms. The van der Waals surface area contributed by atoms with E-state index in [1.54, 1.807) is 0 Å². The number of carbonyl (C=O) groups excluding carboxylic acids is 1. The van der Waals surface area contributed by atoms with E-state index in [2.05, 4.69) is 56.9 Å². The lowest BCUT2D eigenvalue weighted by Gasteiger charge is -2.38. The van der Waals surface area contributed by atoms with E-state index in [4.69, 9.17) is 4.74 Å².